The fourth-order valence-corrected chi connectivity index (χ4v) is 2.10. The summed E-state index contributed by atoms with van der Waals surface area (Å²) in [4.78, 5) is 0. The van der Waals surface area contributed by atoms with Crippen LogP contribution < -0.4 is 4.74 Å². The van der Waals surface area contributed by atoms with Gasteiger partial charge in [-0.3, -0.25) is 0 Å². The van der Waals surface area contributed by atoms with Crippen LogP contribution in [0, 0.1) is 5.92 Å². The van der Waals surface area contributed by atoms with Crippen molar-refractivity contribution in [3.05, 3.63) is 29.8 Å². The summed E-state index contributed by atoms with van der Waals surface area (Å²) in [5.41, 5.74) is 1.21. The van der Waals surface area contributed by atoms with Crippen molar-refractivity contribution in [3.63, 3.8) is 0 Å². The molecular weight excluding hydrogens is 212 g/mol. The van der Waals surface area contributed by atoms with Gasteiger partial charge in [0.2, 0.25) is 0 Å². The van der Waals surface area contributed by atoms with E-state index >= 15 is 0 Å². The molecule has 1 aromatic rings. The molecule has 94 valence electrons. The van der Waals surface area contributed by atoms with Gasteiger partial charge in [0.1, 0.15) is 5.75 Å². The first-order valence-corrected chi connectivity index (χ1v) is 6.59. The summed E-state index contributed by atoms with van der Waals surface area (Å²) in [6.07, 6.45) is 4.23. The Hall–Kier alpha value is -1.02. The number of hydrogen-bond acceptors (Lipinski definition) is 2. The monoisotopic (exact) mass is 234 g/mol. The van der Waals surface area contributed by atoms with Gasteiger partial charge in [-0.15, -0.1) is 0 Å². The number of para-hydroxylation sites is 1. The minimum absolute atomic E-state index is 0.123. The highest BCUT2D eigenvalue weighted by Gasteiger charge is 2.29. The maximum absolute atomic E-state index is 9.88. The van der Waals surface area contributed by atoms with Crippen LogP contribution in [0.25, 0.3) is 0 Å². The van der Waals surface area contributed by atoms with Gasteiger partial charge in [0.15, 0.2) is 0 Å². The predicted octanol–water partition coefficient (Wildman–Crippen LogP) is 3.18. The Morgan fingerprint density at radius 3 is 2.65 bits per heavy atom. The highest BCUT2D eigenvalue weighted by Crippen LogP contribution is 2.34. The zero-order chi connectivity index (χ0) is 12.3. The lowest BCUT2D eigenvalue weighted by Gasteiger charge is -2.15. The van der Waals surface area contributed by atoms with E-state index in [1.807, 2.05) is 32.0 Å². The van der Waals surface area contributed by atoms with E-state index in [0.29, 0.717) is 5.92 Å². The van der Waals surface area contributed by atoms with Gasteiger partial charge in [-0.2, -0.15) is 0 Å². The molecule has 0 heterocycles. The van der Waals surface area contributed by atoms with Crippen LogP contribution in [0.15, 0.2) is 24.3 Å². The van der Waals surface area contributed by atoms with Gasteiger partial charge in [0.05, 0.1) is 12.2 Å². The Kier molecular flexibility index (Phi) is 4.06. The van der Waals surface area contributed by atoms with Gasteiger partial charge in [-0.1, -0.05) is 18.2 Å². The van der Waals surface area contributed by atoms with Crippen LogP contribution in [-0.4, -0.2) is 17.3 Å². The molecule has 1 atom stereocenters. The highest BCUT2D eigenvalue weighted by atomic mass is 16.5. The molecule has 1 aliphatic carbocycles. The molecule has 0 aromatic heterocycles. The molecule has 1 N–H and O–H groups in total. The molecule has 17 heavy (non-hydrogen) atoms. The zero-order valence-corrected chi connectivity index (χ0v) is 10.7. The summed E-state index contributed by atoms with van der Waals surface area (Å²) in [7, 11) is 0. The van der Waals surface area contributed by atoms with Gasteiger partial charge in [-0.05, 0) is 57.1 Å². The van der Waals surface area contributed by atoms with Crippen LogP contribution in [0.1, 0.15) is 38.7 Å². The fourth-order valence-electron chi connectivity index (χ4n) is 2.10. The Balaban J connectivity index is 1.93. The lowest BCUT2D eigenvalue weighted by Crippen LogP contribution is -2.12. The molecule has 1 aromatic carbocycles. The predicted molar refractivity (Wildman–Crippen MR) is 69.3 cm³/mol. The van der Waals surface area contributed by atoms with Gasteiger partial charge in [0.25, 0.3) is 0 Å². The van der Waals surface area contributed by atoms with Crippen LogP contribution in [0.4, 0.5) is 0 Å². The molecule has 1 saturated carbocycles. The maximum atomic E-state index is 9.88. The van der Waals surface area contributed by atoms with Crippen LogP contribution in [0.2, 0.25) is 0 Å². The molecule has 0 radical (unpaired) electrons. The second-order valence-corrected chi connectivity index (χ2v) is 5.22. The van der Waals surface area contributed by atoms with Crippen molar-refractivity contribution in [2.24, 2.45) is 5.92 Å². The Bertz CT molecular complexity index is 356. The van der Waals surface area contributed by atoms with E-state index in [1.165, 1.54) is 18.4 Å². The molecule has 0 bridgehead atoms. The molecule has 0 spiro atoms. The number of benzene rings is 1. The van der Waals surface area contributed by atoms with Crippen molar-refractivity contribution in [2.45, 2.75) is 51.7 Å². The van der Waals surface area contributed by atoms with E-state index in [4.69, 9.17) is 4.74 Å². The fraction of sp³-hybridized carbons (Fsp3) is 0.600. The maximum Gasteiger partial charge on any atom is 0.122 e. The van der Waals surface area contributed by atoms with E-state index < -0.39 is 0 Å². The van der Waals surface area contributed by atoms with E-state index in [9.17, 15) is 5.11 Å². The minimum atomic E-state index is -0.123. The molecular formula is C15H22O2. The van der Waals surface area contributed by atoms with Crippen LogP contribution in [-0.2, 0) is 6.42 Å². The smallest absolute Gasteiger partial charge is 0.122 e. The van der Waals surface area contributed by atoms with Crippen molar-refractivity contribution in [1.29, 1.82) is 0 Å². The lowest BCUT2D eigenvalue weighted by atomic mass is 10.0. The molecule has 0 amide bonds. The van der Waals surface area contributed by atoms with Crippen LogP contribution >= 0.6 is 0 Å². The van der Waals surface area contributed by atoms with E-state index in [0.717, 1.165) is 18.6 Å². The summed E-state index contributed by atoms with van der Waals surface area (Å²) in [5, 5.41) is 9.88. The first-order valence-electron chi connectivity index (χ1n) is 6.59. The summed E-state index contributed by atoms with van der Waals surface area (Å²) in [5.74, 6) is 1.53. The van der Waals surface area contributed by atoms with E-state index in [-0.39, 0.29) is 12.2 Å². The Morgan fingerprint density at radius 1 is 1.29 bits per heavy atom. The number of ether oxygens (including phenoxy) is 1. The van der Waals surface area contributed by atoms with Crippen LogP contribution in [0.5, 0.6) is 5.75 Å². The second-order valence-electron chi connectivity index (χ2n) is 5.22. The molecule has 0 aliphatic heterocycles. The van der Waals surface area contributed by atoms with Gasteiger partial charge >= 0.3 is 0 Å². The first-order chi connectivity index (χ1) is 8.16. The third-order valence-corrected chi connectivity index (χ3v) is 3.21. The van der Waals surface area contributed by atoms with Crippen molar-refractivity contribution in [2.75, 3.05) is 0 Å². The number of aliphatic hydroxyl groups is 1. The van der Waals surface area contributed by atoms with Crippen LogP contribution in [0.3, 0.4) is 0 Å². The quantitative estimate of drug-likeness (QED) is 0.819. The normalized spacial score (nSPS) is 17.2. The minimum Gasteiger partial charge on any atom is -0.491 e. The van der Waals surface area contributed by atoms with E-state index in [1.54, 1.807) is 0 Å². The number of rotatable bonds is 6. The van der Waals surface area contributed by atoms with Crippen molar-refractivity contribution < 1.29 is 9.84 Å². The first kappa shape index (κ1) is 12.4. The third kappa shape index (κ3) is 3.74. The average molecular weight is 234 g/mol. The zero-order valence-electron chi connectivity index (χ0n) is 10.7. The topological polar surface area (TPSA) is 29.5 Å². The standard InChI is InChI=1S/C15H22O2/c1-11(2)17-15-6-4-3-5-13(15)9-10-14(16)12-7-8-12/h3-6,11-12,14,16H,7-10H2,1-2H3. The molecule has 2 rings (SSSR count). The van der Waals surface area contributed by atoms with Crippen molar-refractivity contribution >= 4 is 0 Å². The molecule has 1 unspecified atom stereocenters. The average Bonchev–Trinajstić information content (AvgIpc) is 3.10. The van der Waals surface area contributed by atoms with E-state index in [2.05, 4.69) is 6.07 Å². The highest BCUT2D eigenvalue weighted by molar-refractivity contribution is 5.33. The molecule has 2 heteroatoms. The summed E-state index contributed by atoms with van der Waals surface area (Å²) < 4.78 is 5.77. The van der Waals surface area contributed by atoms with Gasteiger partial charge in [0, 0.05) is 0 Å². The van der Waals surface area contributed by atoms with Gasteiger partial charge < -0.3 is 9.84 Å². The summed E-state index contributed by atoms with van der Waals surface area (Å²) in [6.45, 7) is 4.08. The SMILES string of the molecule is CC(C)Oc1ccccc1CCC(O)C1CC1. The number of aryl methyl sites for hydroxylation is 1. The van der Waals surface area contributed by atoms with Gasteiger partial charge in [-0.25, -0.2) is 0 Å². The Labute approximate surface area is 104 Å². The largest absolute Gasteiger partial charge is 0.491 e. The number of hydrogen-bond donors (Lipinski definition) is 1. The van der Waals surface area contributed by atoms with Crippen molar-refractivity contribution in [3.8, 4) is 5.75 Å². The second kappa shape index (κ2) is 5.54. The molecule has 1 aliphatic rings. The summed E-state index contributed by atoms with van der Waals surface area (Å²) in [6, 6.07) is 8.14. The Morgan fingerprint density at radius 2 is 2.00 bits per heavy atom. The molecule has 2 nitrogen and oxygen atoms in total. The summed E-state index contributed by atoms with van der Waals surface area (Å²) >= 11 is 0. The molecule has 0 saturated heterocycles. The molecule has 1 fully saturated rings. The third-order valence-electron chi connectivity index (χ3n) is 3.21. The number of aliphatic hydroxyl groups excluding tert-OH is 1. The van der Waals surface area contributed by atoms with Crippen molar-refractivity contribution in [1.82, 2.24) is 0 Å². The lowest BCUT2D eigenvalue weighted by molar-refractivity contribution is 0.141.